The van der Waals surface area contributed by atoms with Crippen molar-refractivity contribution in [2.24, 2.45) is 0 Å². The fourth-order valence-corrected chi connectivity index (χ4v) is 2.27. The predicted octanol–water partition coefficient (Wildman–Crippen LogP) is 3.34. The lowest BCUT2D eigenvalue weighted by atomic mass is 10.1. The molecule has 0 atom stereocenters. The van der Waals surface area contributed by atoms with Gasteiger partial charge in [0, 0.05) is 17.7 Å². The van der Waals surface area contributed by atoms with Gasteiger partial charge in [-0.3, -0.25) is 5.32 Å². The Morgan fingerprint density at radius 3 is 2.59 bits per heavy atom. The third-order valence-corrected chi connectivity index (χ3v) is 3.50. The summed E-state index contributed by atoms with van der Waals surface area (Å²) in [6.07, 6.45) is 1.48. The molecule has 0 unspecified atom stereocenters. The van der Waals surface area contributed by atoms with Gasteiger partial charge in [-0.15, -0.1) is 10.2 Å². The van der Waals surface area contributed by atoms with Gasteiger partial charge in [0.15, 0.2) is 0 Å². The van der Waals surface area contributed by atoms with Crippen LogP contribution in [0.3, 0.4) is 0 Å². The number of ether oxygens (including phenoxy) is 2. The van der Waals surface area contributed by atoms with Crippen molar-refractivity contribution in [2.45, 2.75) is 6.92 Å². The van der Waals surface area contributed by atoms with Crippen LogP contribution in [-0.4, -0.2) is 36.0 Å². The molecule has 3 aromatic rings. The molecule has 27 heavy (non-hydrogen) atoms. The Bertz CT molecular complexity index is 833. The zero-order valence-corrected chi connectivity index (χ0v) is 14.8. The monoisotopic (exact) mass is 368 g/mol. The molecule has 0 aliphatic heterocycles. The lowest BCUT2D eigenvalue weighted by Crippen LogP contribution is -2.32. The Labute approximate surface area is 156 Å². The highest BCUT2D eigenvalue weighted by molar-refractivity contribution is 5.87. The molecule has 2 heterocycles. The fraction of sp³-hybridized carbons (Fsp3) is 0.211. The maximum absolute atomic E-state index is 11.6. The SMILES string of the molecule is CCOc1ccc(-c2ccc(OCCNC(=O)Nc3ccco3)nn2)cc1. The quantitative estimate of drug-likeness (QED) is 0.592. The van der Waals surface area contributed by atoms with Gasteiger partial charge in [-0.1, -0.05) is 0 Å². The van der Waals surface area contributed by atoms with E-state index in [1.807, 2.05) is 37.3 Å². The Kier molecular flexibility index (Phi) is 6.24. The first-order chi connectivity index (χ1) is 13.2. The van der Waals surface area contributed by atoms with Crippen LogP contribution in [0.25, 0.3) is 11.3 Å². The van der Waals surface area contributed by atoms with Gasteiger partial charge in [0.25, 0.3) is 0 Å². The molecule has 1 aromatic carbocycles. The number of furan rings is 1. The average Bonchev–Trinajstić information content (AvgIpc) is 3.20. The second-order valence-corrected chi connectivity index (χ2v) is 5.42. The fourth-order valence-electron chi connectivity index (χ4n) is 2.27. The summed E-state index contributed by atoms with van der Waals surface area (Å²) in [6.45, 7) is 3.15. The minimum atomic E-state index is -0.370. The normalized spacial score (nSPS) is 10.3. The van der Waals surface area contributed by atoms with E-state index in [0.717, 1.165) is 17.0 Å². The van der Waals surface area contributed by atoms with Crippen molar-refractivity contribution in [3.63, 3.8) is 0 Å². The molecule has 0 bridgehead atoms. The summed E-state index contributed by atoms with van der Waals surface area (Å²) in [5.41, 5.74) is 1.68. The van der Waals surface area contributed by atoms with Crippen molar-refractivity contribution in [1.82, 2.24) is 15.5 Å². The van der Waals surface area contributed by atoms with E-state index in [1.54, 1.807) is 18.2 Å². The number of urea groups is 1. The molecule has 0 fully saturated rings. The highest BCUT2D eigenvalue weighted by Crippen LogP contribution is 2.21. The standard InChI is InChI=1S/C19H20N4O4/c1-2-25-15-7-5-14(6-8-15)16-9-10-18(23-22-16)27-13-11-20-19(24)21-17-4-3-12-26-17/h3-10,12H,2,11,13H2,1H3,(H2,20,21,24). The highest BCUT2D eigenvalue weighted by Gasteiger charge is 2.05. The maximum atomic E-state index is 11.6. The van der Waals surface area contributed by atoms with Crippen LogP contribution in [0.5, 0.6) is 11.6 Å². The Balaban J connectivity index is 1.43. The Morgan fingerprint density at radius 1 is 1.07 bits per heavy atom. The first-order valence-corrected chi connectivity index (χ1v) is 8.52. The van der Waals surface area contributed by atoms with Crippen LogP contribution in [0.2, 0.25) is 0 Å². The smallest absolute Gasteiger partial charge is 0.321 e. The predicted molar refractivity (Wildman–Crippen MR) is 99.9 cm³/mol. The molecular formula is C19H20N4O4. The summed E-state index contributed by atoms with van der Waals surface area (Å²) in [4.78, 5) is 11.6. The topological polar surface area (TPSA) is 98.5 Å². The van der Waals surface area contributed by atoms with Gasteiger partial charge in [0.1, 0.15) is 12.4 Å². The lowest BCUT2D eigenvalue weighted by molar-refractivity contribution is 0.245. The number of hydrogen-bond donors (Lipinski definition) is 2. The van der Waals surface area contributed by atoms with Gasteiger partial charge in [0.05, 0.1) is 25.1 Å². The summed E-state index contributed by atoms with van der Waals surface area (Å²) in [5, 5.41) is 13.4. The number of carbonyl (C=O) groups is 1. The van der Waals surface area contributed by atoms with Crippen LogP contribution in [0, 0.1) is 0 Å². The number of benzene rings is 1. The largest absolute Gasteiger partial charge is 0.494 e. The first-order valence-electron chi connectivity index (χ1n) is 8.52. The number of amides is 2. The molecule has 8 nitrogen and oxygen atoms in total. The molecular weight excluding hydrogens is 348 g/mol. The first kappa shape index (κ1) is 18.2. The molecule has 0 saturated carbocycles. The third kappa shape index (κ3) is 5.46. The minimum Gasteiger partial charge on any atom is -0.494 e. The molecule has 0 spiro atoms. The van der Waals surface area contributed by atoms with Gasteiger partial charge in [-0.25, -0.2) is 4.79 Å². The van der Waals surface area contributed by atoms with Crippen LogP contribution in [0.1, 0.15) is 6.92 Å². The Hall–Kier alpha value is -3.55. The van der Waals surface area contributed by atoms with Gasteiger partial charge in [-0.2, -0.15) is 0 Å². The number of rotatable bonds is 8. The second kappa shape index (κ2) is 9.23. The molecule has 2 aromatic heterocycles. The van der Waals surface area contributed by atoms with Crippen LogP contribution < -0.4 is 20.1 Å². The van der Waals surface area contributed by atoms with Gasteiger partial charge in [-0.05, 0) is 43.3 Å². The van der Waals surface area contributed by atoms with Crippen molar-refractivity contribution in [3.8, 4) is 22.9 Å². The molecule has 8 heteroatoms. The molecule has 0 aliphatic carbocycles. The summed E-state index contributed by atoms with van der Waals surface area (Å²) >= 11 is 0. The molecule has 3 rings (SSSR count). The van der Waals surface area contributed by atoms with Gasteiger partial charge >= 0.3 is 6.03 Å². The summed E-state index contributed by atoms with van der Waals surface area (Å²) in [6, 6.07) is 14.2. The summed E-state index contributed by atoms with van der Waals surface area (Å²) < 4.78 is 15.9. The number of hydrogen-bond acceptors (Lipinski definition) is 6. The van der Waals surface area contributed by atoms with Crippen LogP contribution in [0.4, 0.5) is 10.7 Å². The number of nitrogens with one attached hydrogen (secondary N) is 2. The Morgan fingerprint density at radius 2 is 1.93 bits per heavy atom. The van der Waals surface area contributed by atoms with E-state index in [9.17, 15) is 4.79 Å². The van der Waals surface area contributed by atoms with E-state index in [0.29, 0.717) is 24.9 Å². The average molecular weight is 368 g/mol. The molecule has 2 amide bonds. The van der Waals surface area contributed by atoms with E-state index in [2.05, 4.69) is 20.8 Å². The number of anilines is 1. The van der Waals surface area contributed by atoms with Crippen molar-refractivity contribution in [2.75, 3.05) is 25.1 Å². The van der Waals surface area contributed by atoms with E-state index in [1.165, 1.54) is 6.26 Å². The van der Waals surface area contributed by atoms with Gasteiger partial charge in [0.2, 0.25) is 11.8 Å². The van der Waals surface area contributed by atoms with Crippen molar-refractivity contribution in [3.05, 3.63) is 54.8 Å². The number of aromatic nitrogens is 2. The van der Waals surface area contributed by atoms with Crippen LogP contribution >= 0.6 is 0 Å². The lowest BCUT2D eigenvalue weighted by Gasteiger charge is -2.08. The molecule has 0 saturated heterocycles. The minimum absolute atomic E-state index is 0.267. The van der Waals surface area contributed by atoms with Crippen molar-refractivity contribution >= 4 is 11.9 Å². The zero-order chi connectivity index (χ0) is 18.9. The van der Waals surface area contributed by atoms with E-state index in [4.69, 9.17) is 13.9 Å². The molecule has 0 aliphatic rings. The van der Waals surface area contributed by atoms with Crippen LogP contribution in [-0.2, 0) is 0 Å². The second-order valence-electron chi connectivity index (χ2n) is 5.42. The molecule has 0 radical (unpaired) electrons. The van der Waals surface area contributed by atoms with Crippen molar-refractivity contribution < 1.29 is 18.7 Å². The number of carbonyl (C=O) groups excluding carboxylic acids is 1. The van der Waals surface area contributed by atoms with Crippen molar-refractivity contribution in [1.29, 1.82) is 0 Å². The molecule has 2 N–H and O–H groups in total. The summed E-state index contributed by atoms with van der Waals surface area (Å²) in [7, 11) is 0. The number of nitrogens with zero attached hydrogens (tertiary/aromatic N) is 2. The van der Waals surface area contributed by atoms with Crippen LogP contribution in [0.15, 0.2) is 59.2 Å². The van der Waals surface area contributed by atoms with E-state index < -0.39 is 0 Å². The molecule has 140 valence electrons. The van der Waals surface area contributed by atoms with Gasteiger partial charge < -0.3 is 19.2 Å². The maximum Gasteiger partial charge on any atom is 0.321 e. The van der Waals surface area contributed by atoms with E-state index >= 15 is 0 Å². The zero-order valence-electron chi connectivity index (χ0n) is 14.8. The third-order valence-electron chi connectivity index (χ3n) is 3.50. The summed E-state index contributed by atoms with van der Waals surface area (Å²) in [5.74, 6) is 1.58. The van der Waals surface area contributed by atoms with E-state index in [-0.39, 0.29) is 12.6 Å². The highest BCUT2D eigenvalue weighted by atomic mass is 16.5.